The number of hydrogen-bond acceptors (Lipinski definition) is 5. The number of hydrogen-bond donors (Lipinski definition) is 2. The third-order valence-electron chi connectivity index (χ3n) is 1.61. The van der Waals surface area contributed by atoms with Crippen LogP contribution < -0.4 is 11.5 Å². The van der Waals surface area contributed by atoms with Crippen molar-refractivity contribution in [1.29, 1.82) is 0 Å². The molecule has 0 saturated heterocycles. The van der Waals surface area contributed by atoms with Gasteiger partial charge < -0.3 is 11.5 Å². The van der Waals surface area contributed by atoms with Crippen molar-refractivity contribution in [2.24, 2.45) is 11.5 Å². The molecule has 0 aliphatic rings. The standard InChI is InChI=1S/C8H12N4OS/c1-8(10,6(9)13)5-14-7-11-3-2-4-12-7/h2-4H,5,10H2,1H3,(H2,9,13). The Morgan fingerprint density at radius 1 is 1.57 bits per heavy atom. The second-order valence-electron chi connectivity index (χ2n) is 3.10. The minimum Gasteiger partial charge on any atom is -0.368 e. The molecule has 76 valence electrons. The summed E-state index contributed by atoms with van der Waals surface area (Å²) >= 11 is 1.31. The quantitative estimate of drug-likeness (QED) is 0.531. The molecule has 4 N–H and O–H groups in total. The third kappa shape index (κ3) is 2.97. The van der Waals surface area contributed by atoms with Crippen LogP contribution in [-0.4, -0.2) is 27.2 Å². The van der Waals surface area contributed by atoms with Gasteiger partial charge in [0.15, 0.2) is 5.16 Å². The van der Waals surface area contributed by atoms with Crippen molar-refractivity contribution in [3.63, 3.8) is 0 Å². The molecule has 0 fully saturated rings. The molecular weight excluding hydrogens is 200 g/mol. The van der Waals surface area contributed by atoms with E-state index in [0.29, 0.717) is 10.9 Å². The highest BCUT2D eigenvalue weighted by Crippen LogP contribution is 2.16. The first kappa shape index (κ1) is 10.9. The fraction of sp³-hybridized carbons (Fsp3) is 0.375. The Labute approximate surface area is 86.3 Å². The minimum atomic E-state index is -1.02. The maximum absolute atomic E-state index is 10.9. The smallest absolute Gasteiger partial charge is 0.238 e. The molecule has 1 amide bonds. The zero-order chi connectivity index (χ0) is 10.6. The molecule has 0 saturated carbocycles. The van der Waals surface area contributed by atoms with Crippen molar-refractivity contribution in [1.82, 2.24) is 9.97 Å². The van der Waals surface area contributed by atoms with Gasteiger partial charge in [0.2, 0.25) is 5.91 Å². The van der Waals surface area contributed by atoms with E-state index in [1.807, 2.05) is 0 Å². The van der Waals surface area contributed by atoms with Crippen LogP contribution in [0.15, 0.2) is 23.6 Å². The summed E-state index contributed by atoms with van der Waals surface area (Å²) in [5, 5.41) is 0.588. The average molecular weight is 212 g/mol. The molecule has 14 heavy (non-hydrogen) atoms. The predicted octanol–water partition coefficient (Wildman–Crippen LogP) is -0.229. The lowest BCUT2D eigenvalue weighted by Crippen LogP contribution is -2.51. The van der Waals surface area contributed by atoms with Gasteiger partial charge in [0.25, 0.3) is 0 Å². The highest BCUT2D eigenvalue weighted by molar-refractivity contribution is 7.99. The summed E-state index contributed by atoms with van der Waals surface area (Å²) in [4.78, 5) is 18.9. The first-order valence-electron chi connectivity index (χ1n) is 4.01. The van der Waals surface area contributed by atoms with Crippen molar-refractivity contribution in [3.8, 4) is 0 Å². The van der Waals surface area contributed by atoms with Gasteiger partial charge in [-0.3, -0.25) is 4.79 Å². The van der Waals surface area contributed by atoms with Crippen molar-refractivity contribution in [2.45, 2.75) is 17.6 Å². The van der Waals surface area contributed by atoms with Gasteiger partial charge in [-0.2, -0.15) is 0 Å². The molecule has 1 heterocycles. The zero-order valence-electron chi connectivity index (χ0n) is 7.80. The van der Waals surface area contributed by atoms with E-state index in [1.165, 1.54) is 11.8 Å². The van der Waals surface area contributed by atoms with Gasteiger partial charge in [0, 0.05) is 18.1 Å². The van der Waals surface area contributed by atoms with Crippen LogP contribution >= 0.6 is 11.8 Å². The van der Waals surface area contributed by atoms with Crippen molar-refractivity contribution in [3.05, 3.63) is 18.5 Å². The molecule has 0 aromatic carbocycles. The summed E-state index contributed by atoms with van der Waals surface area (Å²) in [6.45, 7) is 1.59. The minimum absolute atomic E-state index is 0.367. The van der Waals surface area contributed by atoms with E-state index in [2.05, 4.69) is 9.97 Å². The Hall–Kier alpha value is -1.14. The number of aromatic nitrogens is 2. The van der Waals surface area contributed by atoms with Crippen molar-refractivity contribution >= 4 is 17.7 Å². The fourth-order valence-electron chi connectivity index (χ4n) is 0.646. The predicted molar refractivity (Wildman–Crippen MR) is 54.5 cm³/mol. The third-order valence-corrected chi connectivity index (χ3v) is 2.82. The summed E-state index contributed by atoms with van der Waals surface area (Å²) in [5.74, 6) is -0.160. The van der Waals surface area contributed by atoms with Crippen LogP contribution in [-0.2, 0) is 4.79 Å². The molecular formula is C8H12N4OS. The van der Waals surface area contributed by atoms with E-state index in [9.17, 15) is 4.79 Å². The van der Waals surface area contributed by atoms with Crippen LogP contribution in [0.5, 0.6) is 0 Å². The van der Waals surface area contributed by atoms with Gasteiger partial charge in [-0.1, -0.05) is 11.8 Å². The van der Waals surface area contributed by atoms with Crippen molar-refractivity contribution in [2.75, 3.05) is 5.75 Å². The summed E-state index contributed by atoms with van der Waals surface area (Å²) in [6, 6.07) is 1.72. The Morgan fingerprint density at radius 3 is 2.64 bits per heavy atom. The molecule has 1 atom stereocenters. The monoisotopic (exact) mass is 212 g/mol. The van der Waals surface area contributed by atoms with Gasteiger partial charge in [-0.15, -0.1) is 0 Å². The maximum atomic E-state index is 10.9. The van der Waals surface area contributed by atoms with Crippen LogP contribution in [0.1, 0.15) is 6.92 Å². The number of nitrogens with two attached hydrogens (primary N) is 2. The largest absolute Gasteiger partial charge is 0.368 e. The molecule has 6 heteroatoms. The Kier molecular flexibility index (Phi) is 3.43. The van der Waals surface area contributed by atoms with E-state index in [0.717, 1.165) is 0 Å². The molecule has 1 unspecified atom stereocenters. The number of nitrogens with zero attached hydrogens (tertiary/aromatic N) is 2. The van der Waals surface area contributed by atoms with E-state index in [1.54, 1.807) is 25.4 Å². The highest BCUT2D eigenvalue weighted by Gasteiger charge is 2.25. The van der Waals surface area contributed by atoms with E-state index < -0.39 is 11.4 Å². The first-order valence-corrected chi connectivity index (χ1v) is 4.99. The van der Waals surface area contributed by atoms with Gasteiger partial charge in [0.05, 0.1) is 0 Å². The topological polar surface area (TPSA) is 94.9 Å². The van der Waals surface area contributed by atoms with Gasteiger partial charge in [-0.05, 0) is 13.0 Å². The molecule has 1 rings (SSSR count). The summed E-state index contributed by atoms with van der Waals surface area (Å²) in [7, 11) is 0. The Balaban J connectivity index is 2.53. The lowest BCUT2D eigenvalue weighted by Gasteiger charge is -2.18. The second kappa shape index (κ2) is 4.39. The van der Waals surface area contributed by atoms with E-state index >= 15 is 0 Å². The lowest BCUT2D eigenvalue weighted by molar-refractivity contribution is -0.121. The summed E-state index contributed by atoms with van der Waals surface area (Å²) in [5.41, 5.74) is 9.75. The van der Waals surface area contributed by atoms with Gasteiger partial charge >= 0.3 is 0 Å². The van der Waals surface area contributed by atoms with E-state index in [-0.39, 0.29) is 0 Å². The average Bonchev–Trinajstić information content (AvgIpc) is 2.16. The normalized spacial score (nSPS) is 14.7. The van der Waals surface area contributed by atoms with Gasteiger partial charge in [-0.25, -0.2) is 9.97 Å². The van der Waals surface area contributed by atoms with Crippen molar-refractivity contribution < 1.29 is 4.79 Å². The number of carbonyl (C=O) groups is 1. The molecule has 0 bridgehead atoms. The fourth-order valence-corrected chi connectivity index (χ4v) is 1.49. The molecule has 0 spiro atoms. The highest BCUT2D eigenvalue weighted by atomic mass is 32.2. The molecule has 1 aromatic rings. The Bertz CT molecular complexity index is 314. The molecule has 5 nitrogen and oxygen atoms in total. The van der Waals surface area contributed by atoms with Crippen LogP contribution in [0.3, 0.4) is 0 Å². The number of thioether (sulfide) groups is 1. The van der Waals surface area contributed by atoms with Crippen LogP contribution in [0.2, 0.25) is 0 Å². The molecule has 0 aliphatic carbocycles. The number of rotatable bonds is 4. The maximum Gasteiger partial charge on any atom is 0.238 e. The molecule has 1 aromatic heterocycles. The number of amides is 1. The molecule has 0 aliphatic heterocycles. The SMILES string of the molecule is CC(N)(CSc1ncccn1)C(N)=O. The van der Waals surface area contributed by atoms with Crippen LogP contribution in [0.4, 0.5) is 0 Å². The first-order chi connectivity index (χ1) is 6.52. The Morgan fingerprint density at radius 2 is 2.14 bits per heavy atom. The molecule has 0 radical (unpaired) electrons. The van der Waals surface area contributed by atoms with Crippen LogP contribution in [0.25, 0.3) is 0 Å². The summed E-state index contributed by atoms with van der Waals surface area (Å²) < 4.78 is 0. The number of primary amides is 1. The van der Waals surface area contributed by atoms with E-state index in [4.69, 9.17) is 11.5 Å². The van der Waals surface area contributed by atoms with Crippen LogP contribution in [0, 0.1) is 0 Å². The zero-order valence-corrected chi connectivity index (χ0v) is 8.62. The number of carbonyl (C=O) groups excluding carboxylic acids is 1. The van der Waals surface area contributed by atoms with Gasteiger partial charge in [0.1, 0.15) is 5.54 Å². The summed E-state index contributed by atoms with van der Waals surface area (Å²) in [6.07, 6.45) is 3.26. The lowest BCUT2D eigenvalue weighted by atomic mass is 10.1. The second-order valence-corrected chi connectivity index (χ2v) is 4.04.